The highest BCUT2D eigenvalue weighted by Crippen LogP contribution is 2.23. The predicted molar refractivity (Wildman–Crippen MR) is 76.3 cm³/mol. The molecule has 2 nitrogen and oxygen atoms in total. The summed E-state index contributed by atoms with van der Waals surface area (Å²) >= 11 is 0. The predicted octanol–water partition coefficient (Wildman–Crippen LogP) is 4.83. The Labute approximate surface area is 108 Å². The lowest BCUT2D eigenvalue weighted by molar-refractivity contribution is 0.584. The Kier molecular flexibility index (Phi) is 3.66. The standard InChI is InChI=1S/C16H19NO/c1-11(2)9-13(10-12(3)4)16-17-14-7-5-6-8-15(14)18-16/h5-11H,1-4H3/b13-9+. The molecule has 0 radical (unpaired) electrons. The molecule has 0 atom stereocenters. The van der Waals surface area contributed by atoms with E-state index in [1.807, 2.05) is 24.3 Å². The first-order valence-electron chi connectivity index (χ1n) is 6.29. The third kappa shape index (κ3) is 2.89. The van der Waals surface area contributed by atoms with Crippen LogP contribution in [-0.4, -0.2) is 4.98 Å². The number of para-hydroxylation sites is 2. The van der Waals surface area contributed by atoms with Crippen LogP contribution in [0.3, 0.4) is 0 Å². The number of nitrogens with zero attached hydrogens (tertiary/aromatic N) is 1. The second-order valence-corrected chi connectivity index (χ2v) is 5.07. The zero-order valence-corrected chi connectivity index (χ0v) is 11.4. The molecule has 0 aliphatic heterocycles. The van der Waals surface area contributed by atoms with E-state index in [0.29, 0.717) is 11.8 Å². The van der Waals surface area contributed by atoms with Gasteiger partial charge >= 0.3 is 0 Å². The molecular weight excluding hydrogens is 222 g/mol. The first-order valence-corrected chi connectivity index (χ1v) is 6.29. The first-order chi connectivity index (χ1) is 8.56. The fourth-order valence-electron chi connectivity index (χ4n) is 1.85. The second kappa shape index (κ2) is 5.21. The Morgan fingerprint density at radius 2 is 1.94 bits per heavy atom. The molecule has 2 heteroatoms. The molecule has 94 valence electrons. The Morgan fingerprint density at radius 1 is 1.22 bits per heavy atom. The SMILES string of the molecule is CC(C)=C/C(=C\C(C)C)c1nc2ccccc2o1. The normalized spacial score (nSPS) is 12.2. The average molecular weight is 241 g/mol. The fourth-order valence-corrected chi connectivity index (χ4v) is 1.85. The molecule has 0 N–H and O–H groups in total. The van der Waals surface area contributed by atoms with Gasteiger partial charge in [-0.05, 0) is 31.9 Å². The van der Waals surface area contributed by atoms with Gasteiger partial charge in [0.15, 0.2) is 5.58 Å². The minimum absolute atomic E-state index is 0.464. The Hall–Kier alpha value is -1.83. The number of allylic oxidation sites excluding steroid dienone is 4. The van der Waals surface area contributed by atoms with Crippen molar-refractivity contribution >= 4 is 16.7 Å². The first kappa shape index (κ1) is 12.6. The van der Waals surface area contributed by atoms with E-state index in [0.717, 1.165) is 16.7 Å². The number of rotatable bonds is 3. The number of fused-ring (bicyclic) bond motifs is 1. The topological polar surface area (TPSA) is 26.0 Å². The molecule has 0 unspecified atom stereocenters. The van der Waals surface area contributed by atoms with Crippen LogP contribution >= 0.6 is 0 Å². The smallest absolute Gasteiger partial charge is 0.226 e. The second-order valence-electron chi connectivity index (χ2n) is 5.07. The molecule has 0 saturated carbocycles. The molecule has 1 aromatic heterocycles. The summed E-state index contributed by atoms with van der Waals surface area (Å²) in [5, 5.41) is 0. The van der Waals surface area contributed by atoms with Crippen molar-refractivity contribution in [2.45, 2.75) is 27.7 Å². The van der Waals surface area contributed by atoms with Crippen molar-refractivity contribution in [2.24, 2.45) is 5.92 Å². The fraction of sp³-hybridized carbons (Fsp3) is 0.312. The molecule has 2 rings (SSSR count). The van der Waals surface area contributed by atoms with Crippen molar-refractivity contribution in [2.75, 3.05) is 0 Å². The van der Waals surface area contributed by atoms with Crippen molar-refractivity contribution in [1.82, 2.24) is 4.98 Å². The van der Waals surface area contributed by atoms with Gasteiger partial charge in [-0.15, -0.1) is 0 Å². The monoisotopic (exact) mass is 241 g/mol. The van der Waals surface area contributed by atoms with Crippen LogP contribution in [-0.2, 0) is 0 Å². The third-order valence-electron chi connectivity index (χ3n) is 2.50. The van der Waals surface area contributed by atoms with Crippen molar-refractivity contribution in [3.8, 4) is 0 Å². The number of aromatic nitrogens is 1. The number of hydrogen-bond acceptors (Lipinski definition) is 2. The van der Waals surface area contributed by atoms with Crippen LogP contribution in [0.1, 0.15) is 33.6 Å². The molecule has 0 saturated heterocycles. The Morgan fingerprint density at radius 3 is 2.56 bits per heavy atom. The van der Waals surface area contributed by atoms with Gasteiger partial charge in [0.05, 0.1) is 0 Å². The van der Waals surface area contributed by atoms with E-state index in [1.54, 1.807) is 0 Å². The molecule has 2 aromatic rings. The highest BCUT2D eigenvalue weighted by molar-refractivity contribution is 5.78. The van der Waals surface area contributed by atoms with E-state index in [9.17, 15) is 0 Å². The van der Waals surface area contributed by atoms with E-state index < -0.39 is 0 Å². The molecule has 0 amide bonds. The van der Waals surface area contributed by atoms with Crippen LogP contribution in [0.25, 0.3) is 16.7 Å². The van der Waals surface area contributed by atoms with Crippen molar-refractivity contribution in [1.29, 1.82) is 0 Å². The maximum absolute atomic E-state index is 5.81. The lowest BCUT2D eigenvalue weighted by Crippen LogP contribution is -1.87. The van der Waals surface area contributed by atoms with Gasteiger partial charge in [-0.2, -0.15) is 0 Å². The molecular formula is C16H19NO. The summed E-state index contributed by atoms with van der Waals surface area (Å²) in [6, 6.07) is 7.85. The average Bonchev–Trinajstić information content (AvgIpc) is 2.70. The summed E-state index contributed by atoms with van der Waals surface area (Å²) in [5.74, 6) is 1.16. The van der Waals surface area contributed by atoms with Crippen LogP contribution in [0, 0.1) is 5.92 Å². The highest BCUT2D eigenvalue weighted by Gasteiger charge is 2.09. The molecule has 1 aromatic carbocycles. The lowest BCUT2D eigenvalue weighted by Gasteiger charge is -2.01. The maximum atomic E-state index is 5.81. The van der Waals surface area contributed by atoms with E-state index in [1.165, 1.54) is 5.57 Å². The van der Waals surface area contributed by atoms with Crippen molar-refractivity contribution in [3.63, 3.8) is 0 Å². The van der Waals surface area contributed by atoms with Gasteiger partial charge < -0.3 is 4.42 Å². The van der Waals surface area contributed by atoms with Crippen LogP contribution < -0.4 is 0 Å². The largest absolute Gasteiger partial charge is 0.436 e. The molecule has 0 bridgehead atoms. The quantitative estimate of drug-likeness (QED) is 0.719. The zero-order chi connectivity index (χ0) is 13.1. The van der Waals surface area contributed by atoms with E-state index in [-0.39, 0.29) is 0 Å². The van der Waals surface area contributed by atoms with Crippen LogP contribution in [0.2, 0.25) is 0 Å². The summed E-state index contributed by atoms with van der Waals surface area (Å²) in [7, 11) is 0. The molecule has 0 fully saturated rings. The van der Waals surface area contributed by atoms with Crippen LogP contribution in [0.4, 0.5) is 0 Å². The number of oxazole rings is 1. The highest BCUT2D eigenvalue weighted by atomic mass is 16.3. The minimum atomic E-state index is 0.464. The van der Waals surface area contributed by atoms with E-state index >= 15 is 0 Å². The van der Waals surface area contributed by atoms with Gasteiger partial charge in [0.2, 0.25) is 5.89 Å². The molecule has 18 heavy (non-hydrogen) atoms. The molecule has 1 heterocycles. The molecule has 0 aliphatic carbocycles. The van der Waals surface area contributed by atoms with Crippen LogP contribution in [0.5, 0.6) is 0 Å². The number of benzene rings is 1. The lowest BCUT2D eigenvalue weighted by atomic mass is 10.1. The molecule has 0 aliphatic rings. The Balaban J connectivity index is 2.51. The summed E-state index contributed by atoms with van der Waals surface area (Å²) in [6.45, 7) is 8.47. The summed E-state index contributed by atoms with van der Waals surface area (Å²) in [6.07, 6.45) is 4.29. The summed E-state index contributed by atoms with van der Waals surface area (Å²) < 4.78 is 5.81. The van der Waals surface area contributed by atoms with E-state index in [4.69, 9.17) is 4.42 Å². The van der Waals surface area contributed by atoms with Gasteiger partial charge in [-0.3, -0.25) is 0 Å². The van der Waals surface area contributed by atoms with Crippen LogP contribution in [0.15, 0.2) is 46.4 Å². The van der Waals surface area contributed by atoms with Gasteiger partial charge in [0.25, 0.3) is 0 Å². The van der Waals surface area contributed by atoms with Gasteiger partial charge in [-0.1, -0.05) is 43.7 Å². The Bertz CT molecular complexity index is 565. The molecule has 0 spiro atoms. The van der Waals surface area contributed by atoms with Crippen molar-refractivity contribution in [3.05, 3.63) is 47.9 Å². The van der Waals surface area contributed by atoms with Crippen molar-refractivity contribution < 1.29 is 4.42 Å². The third-order valence-corrected chi connectivity index (χ3v) is 2.50. The summed E-state index contributed by atoms with van der Waals surface area (Å²) in [4.78, 5) is 4.54. The minimum Gasteiger partial charge on any atom is -0.436 e. The van der Waals surface area contributed by atoms with Gasteiger partial charge in [0.1, 0.15) is 5.52 Å². The number of hydrogen-bond donors (Lipinski definition) is 0. The van der Waals surface area contributed by atoms with Gasteiger partial charge in [-0.25, -0.2) is 4.98 Å². The van der Waals surface area contributed by atoms with Gasteiger partial charge in [0, 0.05) is 5.57 Å². The van der Waals surface area contributed by atoms with E-state index in [2.05, 4.69) is 44.8 Å². The summed E-state index contributed by atoms with van der Waals surface area (Å²) in [5.41, 5.74) is 4.04. The maximum Gasteiger partial charge on any atom is 0.226 e. The zero-order valence-electron chi connectivity index (χ0n) is 11.4.